The summed E-state index contributed by atoms with van der Waals surface area (Å²) in [4.78, 5) is 24.3. The summed E-state index contributed by atoms with van der Waals surface area (Å²) in [5.74, 6) is -5.23. The van der Waals surface area contributed by atoms with Crippen molar-refractivity contribution in [2.24, 2.45) is 11.8 Å². The van der Waals surface area contributed by atoms with Crippen molar-refractivity contribution in [3.63, 3.8) is 0 Å². The Morgan fingerprint density at radius 3 is 2.32 bits per heavy atom. The monoisotopic (exact) mass is 358 g/mol. The molecule has 0 aromatic heterocycles. The summed E-state index contributed by atoms with van der Waals surface area (Å²) < 4.78 is 39.0. The molecule has 1 aromatic rings. The maximum atomic E-state index is 13.0. The zero-order valence-electron chi connectivity index (χ0n) is 14.1. The van der Waals surface area contributed by atoms with Crippen LogP contribution in [0.4, 0.5) is 23.7 Å². The van der Waals surface area contributed by atoms with Crippen LogP contribution in [-0.4, -0.2) is 41.3 Å². The van der Waals surface area contributed by atoms with Gasteiger partial charge in [0.25, 0.3) is 0 Å². The van der Waals surface area contributed by atoms with Crippen molar-refractivity contribution in [1.82, 2.24) is 4.90 Å². The van der Waals surface area contributed by atoms with E-state index in [1.165, 1.54) is 0 Å². The van der Waals surface area contributed by atoms with Gasteiger partial charge in [0, 0.05) is 18.8 Å². The van der Waals surface area contributed by atoms with Crippen LogP contribution in [0.25, 0.3) is 0 Å². The topological polar surface area (TPSA) is 69.6 Å². The number of aryl methyl sites for hydroxylation is 2. The van der Waals surface area contributed by atoms with Crippen molar-refractivity contribution in [2.75, 3.05) is 18.4 Å². The quantitative estimate of drug-likeness (QED) is 0.865. The molecule has 2 amide bonds. The highest BCUT2D eigenvalue weighted by Gasteiger charge is 2.53. The van der Waals surface area contributed by atoms with E-state index in [4.69, 9.17) is 5.11 Å². The standard InChI is InChI=1S/C17H21F3N2O3/c1-3-10-5-6-12(7-11(10)4-2)21-16(25)22-8-13(15(23)24)14(9-22)17(18,19)20/h5-7,13-14H,3-4,8-9H2,1-2H3,(H,21,25)(H,23,24)/t13-,14-/m1/s1. The summed E-state index contributed by atoms with van der Waals surface area (Å²) in [7, 11) is 0. The SMILES string of the molecule is CCc1ccc(NC(=O)N2C[C@@H](C(F)(F)F)[C@H](C(=O)O)C2)cc1CC. The highest BCUT2D eigenvalue weighted by atomic mass is 19.4. The Morgan fingerprint density at radius 1 is 1.20 bits per heavy atom. The first kappa shape index (κ1) is 19.1. The van der Waals surface area contributed by atoms with E-state index in [0.29, 0.717) is 5.69 Å². The van der Waals surface area contributed by atoms with Crippen LogP contribution < -0.4 is 5.32 Å². The van der Waals surface area contributed by atoms with Gasteiger partial charge < -0.3 is 15.3 Å². The summed E-state index contributed by atoms with van der Waals surface area (Å²) in [5, 5.41) is 11.6. The van der Waals surface area contributed by atoms with Gasteiger partial charge in [-0.05, 0) is 36.1 Å². The first-order valence-electron chi connectivity index (χ1n) is 8.14. The minimum Gasteiger partial charge on any atom is -0.481 e. The van der Waals surface area contributed by atoms with Gasteiger partial charge in [0.15, 0.2) is 0 Å². The number of amides is 2. The Morgan fingerprint density at radius 2 is 1.84 bits per heavy atom. The van der Waals surface area contributed by atoms with Gasteiger partial charge in [-0.1, -0.05) is 19.9 Å². The van der Waals surface area contributed by atoms with Gasteiger partial charge >= 0.3 is 18.2 Å². The molecule has 1 aliphatic rings. The molecule has 0 spiro atoms. The molecule has 1 heterocycles. The second kappa shape index (κ2) is 7.33. The summed E-state index contributed by atoms with van der Waals surface area (Å²) >= 11 is 0. The predicted molar refractivity (Wildman–Crippen MR) is 86.5 cm³/mol. The van der Waals surface area contributed by atoms with Crippen molar-refractivity contribution in [2.45, 2.75) is 32.9 Å². The average Bonchev–Trinajstić information content (AvgIpc) is 3.00. The zero-order chi connectivity index (χ0) is 18.8. The van der Waals surface area contributed by atoms with Crippen molar-refractivity contribution >= 4 is 17.7 Å². The third-order valence-corrected chi connectivity index (χ3v) is 4.56. The molecule has 1 fully saturated rings. The predicted octanol–water partition coefficient (Wildman–Crippen LogP) is 3.54. The molecule has 0 aliphatic carbocycles. The van der Waals surface area contributed by atoms with E-state index in [9.17, 15) is 22.8 Å². The first-order valence-corrected chi connectivity index (χ1v) is 8.14. The molecular formula is C17H21F3N2O3. The second-order valence-electron chi connectivity index (χ2n) is 6.12. The molecule has 5 nitrogen and oxygen atoms in total. The van der Waals surface area contributed by atoms with Crippen LogP contribution in [0.2, 0.25) is 0 Å². The Bertz CT molecular complexity index is 661. The summed E-state index contributed by atoms with van der Waals surface area (Å²) in [5.41, 5.74) is 2.68. The van der Waals surface area contributed by atoms with Gasteiger partial charge in [-0.15, -0.1) is 0 Å². The van der Waals surface area contributed by atoms with Crippen molar-refractivity contribution < 1.29 is 27.9 Å². The molecule has 0 unspecified atom stereocenters. The van der Waals surface area contributed by atoms with E-state index < -0.39 is 43.1 Å². The third-order valence-electron chi connectivity index (χ3n) is 4.56. The van der Waals surface area contributed by atoms with Crippen LogP contribution in [0, 0.1) is 11.8 Å². The molecule has 0 radical (unpaired) electrons. The molecular weight excluding hydrogens is 337 g/mol. The Balaban J connectivity index is 2.12. The van der Waals surface area contributed by atoms with Gasteiger partial charge in [0.05, 0.1) is 11.8 Å². The number of carbonyl (C=O) groups excluding carboxylic acids is 1. The molecule has 1 aliphatic heterocycles. The van der Waals surface area contributed by atoms with Gasteiger partial charge in [0.1, 0.15) is 0 Å². The number of hydrogen-bond donors (Lipinski definition) is 2. The Hall–Kier alpha value is -2.25. The number of hydrogen-bond acceptors (Lipinski definition) is 2. The minimum atomic E-state index is -4.66. The number of likely N-dealkylation sites (tertiary alicyclic amines) is 1. The maximum absolute atomic E-state index is 13.0. The van der Waals surface area contributed by atoms with Gasteiger partial charge in [-0.25, -0.2) is 4.79 Å². The van der Waals surface area contributed by atoms with Crippen molar-refractivity contribution in [1.29, 1.82) is 0 Å². The summed E-state index contributed by atoms with van der Waals surface area (Å²) in [6, 6.07) is 4.64. The number of anilines is 1. The lowest BCUT2D eigenvalue weighted by atomic mass is 9.96. The van der Waals surface area contributed by atoms with Gasteiger partial charge in [-0.3, -0.25) is 4.79 Å². The fourth-order valence-electron chi connectivity index (χ4n) is 3.13. The smallest absolute Gasteiger partial charge is 0.394 e. The molecule has 25 heavy (non-hydrogen) atoms. The number of rotatable bonds is 4. The number of carbonyl (C=O) groups is 2. The number of alkyl halides is 3. The first-order chi connectivity index (χ1) is 11.7. The van der Waals surface area contributed by atoms with E-state index in [1.807, 2.05) is 19.9 Å². The zero-order valence-corrected chi connectivity index (χ0v) is 14.1. The molecule has 2 rings (SSSR count). The van der Waals surface area contributed by atoms with E-state index in [1.54, 1.807) is 12.1 Å². The average molecular weight is 358 g/mol. The Labute approximate surface area is 143 Å². The molecule has 1 aromatic carbocycles. The molecule has 0 saturated carbocycles. The van der Waals surface area contributed by atoms with Crippen LogP contribution >= 0.6 is 0 Å². The Kier molecular flexibility index (Phi) is 5.59. The summed E-state index contributed by atoms with van der Waals surface area (Å²) in [6.07, 6.45) is -3.04. The van der Waals surface area contributed by atoms with Gasteiger partial charge in [0.2, 0.25) is 0 Å². The maximum Gasteiger partial charge on any atom is 0.394 e. The van der Waals surface area contributed by atoms with E-state index in [0.717, 1.165) is 28.9 Å². The van der Waals surface area contributed by atoms with Crippen LogP contribution in [0.1, 0.15) is 25.0 Å². The number of nitrogens with one attached hydrogen (secondary N) is 1. The molecule has 2 N–H and O–H groups in total. The highest BCUT2D eigenvalue weighted by Crippen LogP contribution is 2.37. The third kappa shape index (κ3) is 4.24. The summed E-state index contributed by atoms with van der Waals surface area (Å²) in [6.45, 7) is 2.88. The fraction of sp³-hybridized carbons (Fsp3) is 0.529. The van der Waals surface area contributed by atoms with E-state index >= 15 is 0 Å². The van der Waals surface area contributed by atoms with Crippen LogP contribution in [-0.2, 0) is 17.6 Å². The molecule has 0 bridgehead atoms. The highest BCUT2D eigenvalue weighted by molar-refractivity contribution is 5.90. The normalized spacial score (nSPS) is 20.6. The lowest BCUT2D eigenvalue weighted by Crippen LogP contribution is -2.35. The number of halogens is 3. The van der Waals surface area contributed by atoms with E-state index in [2.05, 4.69) is 5.32 Å². The number of urea groups is 1. The van der Waals surface area contributed by atoms with Crippen LogP contribution in [0.3, 0.4) is 0 Å². The fourth-order valence-corrected chi connectivity index (χ4v) is 3.13. The number of nitrogens with zero attached hydrogens (tertiary/aromatic N) is 1. The van der Waals surface area contributed by atoms with Gasteiger partial charge in [-0.2, -0.15) is 13.2 Å². The van der Waals surface area contributed by atoms with Crippen molar-refractivity contribution in [3.8, 4) is 0 Å². The largest absolute Gasteiger partial charge is 0.481 e. The van der Waals surface area contributed by atoms with Crippen LogP contribution in [0.15, 0.2) is 18.2 Å². The molecule has 2 atom stereocenters. The lowest BCUT2D eigenvalue weighted by Gasteiger charge is -2.19. The second-order valence-corrected chi connectivity index (χ2v) is 6.12. The minimum absolute atomic E-state index is 0.459. The van der Waals surface area contributed by atoms with E-state index in [-0.39, 0.29) is 0 Å². The number of benzene rings is 1. The molecule has 1 saturated heterocycles. The molecule has 8 heteroatoms. The number of aliphatic carboxylic acids is 1. The van der Waals surface area contributed by atoms with Crippen LogP contribution in [0.5, 0.6) is 0 Å². The number of carboxylic acids is 1. The molecule has 138 valence electrons. The lowest BCUT2D eigenvalue weighted by molar-refractivity contribution is -0.187. The number of carboxylic acid groups (broad SMARTS) is 1. The van der Waals surface area contributed by atoms with Crippen molar-refractivity contribution in [3.05, 3.63) is 29.3 Å².